The van der Waals surface area contributed by atoms with Crippen LogP contribution in [0.4, 0.5) is 10.5 Å². The number of amides is 3. The van der Waals surface area contributed by atoms with Gasteiger partial charge in [0, 0.05) is 5.69 Å². The van der Waals surface area contributed by atoms with Crippen molar-refractivity contribution in [3.63, 3.8) is 0 Å². The summed E-state index contributed by atoms with van der Waals surface area (Å²) in [6, 6.07) is 23.2. The highest BCUT2D eigenvalue weighted by Gasteiger charge is 2.35. The maximum atomic E-state index is 13.2. The second-order valence-electron chi connectivity index (χ2n) is 9.87. The van der Waals surface area contributed by atoms with E-state index in [0.717, 1.165) is 44.9 Å². The molecule has 0 bridgehead atoms. The van der Waals surface area contributed by atoms with Crippen molar-refractivity contribution in [2.24, 2.45) is 0 Å². The lowest BCUT2D eigenvalue weighted by Crippen LogP contribution is -2.27. The van der Waals surface area contributed by atoms with Gasteiger partial charge in [-0.2, -0.15) is 0 Å². The van der Waals surface area contributed by atoms with Crippen LogP contribution in [0.2, 0.25) is 0 Å². The van der Waals surface area contributed by atoms with Gasteiger partial charge >= 0.3 is 0 Å². The van der Waals surface area contributed by atoms with Gasteiger partial charge in [-0.3, -0.25) is 19.3 Å². The van der Waals surface area contributed by atoms with E-state index < -0.39 is 0 Å². The first-order chi connectivity index (χ1) is 20.2. The largest absolute Gasteiger partial charge is 0.490 e. The number of benzene rings is 4. The molecule has 1 fully saturated rings. The fourth-order valence-corrected chi connectivity index (χ4v) is 6.07. The molecule has 0 unspecified atom stereocenters. The first-order valence-electron chi connectivity index (χ1n) is 13.4. The summed E-state index contributed by atoms with van der Waals surface area (Å²) < 4.78 is 12.2. The van der Waals surface area contributed by atoms with Crippen LogP contribution >= 0.6 is 27.7 Å². The Balaban J connectivity index is 1.30. The number of carbonyl (C=O) groups excluding carboxylic acids is 3. The van der Waals surface area contributed by atoms with Crippen LogP contribution in [-0.2, 0) is 16.1 Å². The van der Waals surface area contributed by atoms with E-state index >= 15 is 0 Å². The number of carbonyl (C=O) groups is 3. The number of hydrogen-bond acceptors (Lipinski definition) is 6. The number of hydrogen-bond donors (Lipinski definition) is 1. The molecule has 4 aromatic carbocycles. The summed E-state index contributed by atoms with van der Waals surface area (Å²) in [7, 11) is 0. The first kappa shape index (κ1) is 29.4. The van der Waals surface area contributed by atoms with Crippen molar-refractivity contribution in [3.05, 3.63) is 104 Å². The van der Waals surface area contributed by atoms with E-state index in [9.17, 15) is 14.4 Å². The lowest BCUT2D eigenvalue weighted by molar-refractivity contribution is -0.123. The molecule has 7 nitrogen and oxygen atoms in total. The Hall–Kier alpha value is -4.08. The summed E-state index contributed by atoms with van der Waals surface area (Å²) in [6.07, 6.45) is 1.66. The number of fused-ring (bicyclic) bond motifs is 1. The number of rotatable bonds is 9. The molecule has 0 aromatic heterocycles. The van der Waals surface area contributed by atoms with E-state index in [2.05, 4.69) is 21.2 Å². The zero-order valence-corrected chi connectivity index (χ0v) is 25.8. The third-order valence-electron chi connectivity index (χ3n) is 6.66. The minimum absolute atomic E-state index is 0.192. The Bertz CT molecular complexity index is 1740. The lowest BCUT2D eigenvalue weighted by Gasteiger charge is -2.15. The maximum absolute atomic E-state index is 13.2. The van der Waals surface area contributed by atoms with Gasteiger partial charge in [0.05, 0.1) is 22.5 Å². The number of halogens is 1. The van der Waals surface area contributed by atoms with E-state index in [1.165, 1.54) is 4.90 Å². The molecule has 1 heterocycles. The number of ether oxygens (including phenoxy) is 2. The molecule has 214 valence electrons. The fourth-order valence-electron chi connectivity index (χ4n) is 4.66. The number of imide groups is 1. The monoisotopic (exact) mass is 644 g/mol. The summed E-state index contributed by atoms with van der Waals surface area (Å²) in [5.74, 6) is 0.123. The van der Waals surface area contributed by atoms with Crippen LogP contribution in [0.25, 0.3) is 16.8 Å². The topological polar surface area (TPSA) is 84.9 Å². The molecule has 3 amide bonds. The van der Waals surface area contributed by atoms with Crippen LogP contribution in [0.1, 0.15) is 29.2 Å². The molecule has 1 saturated heterocycles. The minimum Gasteiger partial charge on any atom is -0.490 e. The second kappa shape index (κ2) is 12.8. The average Bonchev–Trinajstić information content (AvgIpc) is 3.21. The molecule has 4 aromatic rings. The summed E-state index contributed by atoms with van der Waals surface area (Å²) in [4.78, 5) is 40.2. The van der Waals surface area contributed by atoms with Crippen molar-refractivity contribution in [1.82, 2.24) is 4.90 Å². The number of aryl methyl sites for hydroxylation is 2. The van der Waals surface area contributed by atoms with Gasteiger partial charge in [0.2, 0.25) is 0 Å². The SMILES string of the molecule is CCOc1cc(/C=C2\SC(=O)N(Cc3ccc4ccccc4c3)C2=O)cc(Br)c1OCC(=O)Nc1ccc(C)cc1C. The third kappa shape index (κ3) is 6.69. The lowest BCUT2D eigenvalue weighted by atomic mass is 10.1. The molecule has 0 saturated carbocycles. The zero-order chi connectivity index (χ0) is 29.8. The molecule has 0 aliphatic carbocycles. The molecule has 0 radical (unpaired) electrons. The Morgan fingerprint density at radius 1 is 0.976 bits per heavy atom. The van der Waals surface area contributed by atoms with E-state index in [4.69, 9.17) is 9.47 Å². The molecule has 1 aliphatic rings. The van der Waals surface area contributed by atoms with Gasteiger partial charge < -0.3 is 14.8 Å². The van der Waals surface area contributed by atoms with Gasteiger partial charge in [-0.05, 0) is 106 Å². The zero-order valence-electron chi connectivity index (χ0n) is 23.4. The third-order valence-corrected chi connectivity index (χ3v) is 8.16. The van der Waals surface area contributed by atoms with Crippen molar-refractivity contribution >= 4 is 67.3 Å². The van der Waals surface area contributed by atoms with Gasteiger partial charge in [0.25, 0.3) is 17.1 Å². The highest BCUT2D eigenvalue weighted by atomic mass is 79.9. The molecular weight excluding hydrogens is 616 g/mol. The van der Waals surface area contributed by atoms with Crippen LogP contribution in [0.5, 0.6) is 11.5 Å². The molecular formula is C33H29BrN2O5S. The van der Waals surface area contributed by atoms with Crippen LogP contribution < -0.4 is 14.8 Å². The average molecular weight is 646 g/mol. The predicted molar refractivity (Wildman–Crippen MR) is 171 cm³/mol. The number of nitrogens with one attached hydrogen (secondary N) is 1. The number of anilines is 1. The van der Waals surface area contributed by atoms with Gasteiger partial charge in [0.1, 0.15) is 0 Å². The molecule has 9 heteroatoms. The quantitative estimate of drug-likeness (QED) is 0.187. The molecule has 1 aliphatic heterocycles. The highest BCUT2D eigenvalue weighted by molar-refractivity contribution is 9.10. The Labute approximate surface area is 257 Å². The van der Waals surface area contributed by atoms with E-state index in [0.29, 0.717) is 33.0 Å². The Morgan fingerprint density at radius 3 is 2.52 bits per heavy atom. The van der Waals surface area contributed by atoms with Gasteiger partial charge in [-0.1, -0.05) is 54.1 Å². The fraction of sp³-hybridized carbons (Fsp3) is 0.182. The van der Waals surface area contributed by atoms with Crippen LogP contribution in [0.15, 0.2) is 82.2 Å². The van der Waals surface area contributed by atoms with Crippen molar-refractivity contribution in [2.75, 3.05) is 18.5 Å². The van der Waals surface area contributed by atoms with Gasteiger partial charge in [-0.15, -0.1) is 0 Å². The summed E-state index contributed by atoms with van der Waals surface area (Å²) in [5, 5.41) is 4.70. The first-order valence-corrected chi connectivity index (χ1v) is 15.0. The van der Waals surface area contributed by atoms with Gasteiger partial charge in [-0.25, -0.2) is 0 Å². The Kier molecular flexibility index (Phi) is 8.99. The molecule has 5 rings (SSSR count). The van der Waals surface area contributed by atoms with Gasteiger partial charge in [0.15, 0.2) is 18.1 Å². The summed E-state index contributed by atoms with van der Waals surface area (Å²) in [6.45, 7) is 6.11. The van der Waals surface area contributed by atoms with E-state index in [-0.39, 0.29) is 30.2 Å². The predicted octanol–water partition coefficient (Wildman–Crippen LogP) is 7.87. The van der Waals surface area contributed by atoms with Crippen molar-refractivity contribution in [3.8, 4) is 11.5 Å². The van der Waals surface area contributed by atoms with E-state index in [1.807, 2.05) is 81.4 Å². The molecule has 0 spiro atoms. The van der Waals surface area contributed by atoms with Crippen molar-refractivity contribution < 1.29 is 23.9 Å². The normalized spacial score (nSPS) is 14.1. The standard InChI is InChI=1S/C33H29BrN2O5S/c1-4-40-28-16-23(15-26(34)31(28)41-19-30(37)35-27-12-9-20(2)13-21(27)3)17-29-32(38)36(33(39)42-29)18-22-10-11-24-7-5-6-8-25(24)14-22/h5-17H,4,18-19H2,1-3H3,(H,35,37)/b29-17-. The molecule has 0 atom stereocenters. The van der Waals surface area contributed by atoms with Crippen LogP contribution in [-0.4, -0.2) is 35.2 Å². The second-order valence-corrected chi connectivity index (χ2v) is 11.7. The summed E-state index contributed by atoms with van der Waals surface area (Å²) >= 11 is 4.43. The number of thioether (sulfide) groups is 1. The highest BCUT2D eigenvalue weighted by Crippen LogP contribution is 2.39. The van der Waals surface area contributed by atoms with E-state index in [1.54, 1.807) is 18.2 Å². The molecule has 1 N–H and O–H groups in total. The molecule has 42 heavy (non-hydrogen) atoms. The number of nitrogens with zero attached hydrogens (tertiary/aromatic N) is 1. The summed E-state index contributed by atoms with van der Waals surface area (Å²) in [5.41, 5.74) is 4.32. The van der Waals surface area contributed by atoms with Crippen LogP contribution in [0.3, 0.4) is 0 Å². The smallest absolute Gasteiger partial charge is 0.293 e. The Morgan fingerprint density at radius 2 is 1.76 bits per heavy atom. The van der Waals surface area contributed by atoms with Crippen molar-refractivity contribution in [1.29, 1.82) is 0 Å². The maximum Gasteiger partial charge on any atom is 0.293 e. The minimum atomic E-state index is -0.351. The van der Waals surface area contributed by atoms with Crippen LogP contribution in [0, 0.1) is 13.8 Å². The van der Waals surface area contributed by atoms with Crippen molar-refractivity contribution in [2.45, 2.75) is 27.3 Å².